The van der Waals surface area contributed by atoms with Gasteiger partial charge in [0, 0.05) is 18.3 Å². The molecule has 7 heteroatoms. The van der Waals surface area contributed by atoms with E-state index in [1.165, 1.54) is 0 Å². The molecule has 0 aliphatic heterocycles. The number of nitrogens with one attached hydrogen (secondary N) is 2. The van der Waals surface area contributed by atoms with E-state index < -0.39 is 0 Å². The highest BCUT2D eigenvalue weighted by atomic mass is 16.5. The number of rotatable bonds is 9. The largest absolute Gasteiger partial charge is 0.497 e. The normalized spacial score (nSPS) is 17.2. The first-order valence-corrected chi connectivity index (χ1v) is 9.49. The predicted octanol–water partition coefficient (Wildman–Crippen LogP) is 2.65. The summed E-state index contributed by atoms with van der Waals surface area (Å²) in [4.78, 5) is 24.7. The van der Waals surface area contributed by atoms with Crippen LogP contribution in [0.15, 0.2) is 42.5 Å². The Balaban J connectivity index is 1.44. The van der Waals surface area contributed by atoms with Crippen molar-refractivity contribution in [3.8, 4) is 17.2 Å². The summed E-state index contributed by atoms with van der Waals surface area (Å²) in [6.45, 7) is 0.495. The van der Waals surface area contributed by atoms with Gasteiger partial charge in [-0.3, -0.25) is 9.59 Å². The van der Waals surface area contributed by atoms with Gasteiger partial charge < -0.3 is 24.8 Å². The lowest BCUT2D eigenvalue weighted by atomic mass is 10.1. The Labute approximate surface area is 170 Å². The molecule has 7 nitrogen and oxygen atoms in total. The van der Waals surface area contributed by atoms with E-state index in [4.69, 9.17) is 14.2 Å². The fourth-order valence-electron chi connectivity index (χ4n) is 3.21. The maximum atomic E-state index is 12.4. The third-order valence-corrected chi connectivity index (χ3v) is 4.96. The summed E-state index contributed by atoms with van der Waals surface area (Å²) >= 11 is 0. The van der Waals surface area contributed by atoms with Gasteiger partial charge >= 0.3 is 0 Å². The first-order chi connectivity index (χ1) is 14.0. The minimum absolute atomic E-state index is 0.0868. The molecule has 1 saturated carbocycles. The molecule has 154 valence electrons. The van der Waals surface area contributed by atoms with Gasteiger partial charge in [-0.15, -0.1) is 0 Å². The molecule has 2 N–H and O–H groups in total. The summed E-state index contributed by atoms with van der Waals surface area (Å²) in [5.41, 5.74) is 1.69. The van der Waals surface area contributed by atoms with Gasteiger partial charge in [-0.05, 0) is 42.7 Å². The van der Waals surface area contributed by atoms with Crippen LogP contribution in [0.1, 0.15) is 12.0 Å². The molecule has 2 atom stereocenters. The summed E-state index contributed by atoms with van der Waals surface area (Å²) in [5, 5.41) is 5.76. The zero-order valence-electron chi connectivity index (χ0n) is 16.9. The molecule has 2 aromatic carbocycles. The standard InChI is InChI=1S/C22H26N2O5/c1-27-16-6-4-5-15(12-16)24-22(26)18-13-17(18)21(25)23-10-9-14-7-8-19(28-2)20(11-14)29-3/h4-8,11-12,17-18H,9-10,13H2,1-3H3,(H,23,25)(H,24,26). The van der Waals surface area contributed by atoms with Crippen LogP contribution in [0.5, 0.6) is 17.2 Å². The molecule has 0 bridgehead atoms. The van der Waals surface area contributed by atoms with Crippen LogP contribution >= 0.6 is 0 Å². The molecular weight excluding hydrogens is 372 g/mol. The van der Waals surface area contributed by atoms with Crippen LogP contribution in [0.3, 0.4) is 0 Å². The summed E-state index contributed by atoms with van der Waals surface area (Å²) in [7, 11) is 4.76. The second-order valence-corrected chi connectivity index (χ2v) is 6.90. The fourth-order valence-corrected chi connectivity index (χ4v) is 3.21. The number of hydrogen-bond acceptors (Lipinski definition) is 5. The minimum atomic E-state index is -0.290. The Morgan fingerprint density at radius 2 is 1.69 bits per heavy atom. The summed E-state index contributed by atoms with van der Waals surface area (Å²) in [6, 6.07) is 12.8. The number of carbonyl (C=O) groups excluding carboxylic acids is 2. The zero-order chi connectivity index (χ0) is 20.8. The van der Waals surface area contributed by atoms with E-state index in [-0.39, 0.29) is 23.7 Å². The van der Waals surface area contributed by atoms with Crippen molar-refractivity contribution in [2.45, 2.75) is 12.8 Å². The van der Waals surface area contributed by atoms with E-state index in [9.17, 15) is 9.59 Å². The molecule has 2 aromatic rings. The van der Waals surface area contributed by atoms with E-state index in [1.807, 2.05) is 18.2 Å². The lowest BCUT2D eigenvalue weighted by Crippen LogP contribution is -2.29. The van der Waals surface area contributed by atoms with Gasteiger partial charge in [-0.25, -0.2) is 0 Å². The fraction of sp³-hybridized carbons (Fsp3) is 0.364. The van der Waals surface area contributed by atoms with Crippen molar-refractivity contribution < 1.29 is 23.8 Å². The van der Waals surface area contributed by atoms with E-state index >= 15 is 0 Å². The van der Waals surface area contributed by atoms with Gasteiger partial charge in [-0.2, -0.15) is 0 Å². The molecule has 1 fully saturated rings. The quantitative estimate of drug-likeness (QED) is 0.678. The zero-order valence-corrected chi connectivity index (χ0v) is 16.9. The van der Waals surface area contributed by atoms with Crippen molar-refractivity contribution in [1.29, 1.82) is 0 Å². The Bertz CT molecular complexity index is 883. The second kappa shape index (κ2) is 9.32. The summed E-state index contributed by atoms with van der Waals surface area (Å²) in [5.74, 6) is 1.21. The average Bonchev–Trinajstić information content (AvgIpc) is 3.55. The summed E-state index contributed by atoms with van der Waals surface area (Å²) < 4.78 is 15.7. The highest BCUT2D eigenvalue weighted by Gasteiger charge is 2.47. The number of benzene rings is 2. The lowest BCUT2D eigenvalue weighted by molar-refractivity contribution is -0.125. The van der Waals surface area contributed by atoms with Crippen molar-refractivity contribution in [2.24, 2.45) is 11.8 Å². The second-order valence-electron chi connectivity index (χ2n) is 6.90. The van der Waals surface area contributed by atoms with Crippen molar-refractivity contribution in [3.05, 3.63) is 48.0 Å². The Kier molecular flexibility index (Phi) is 6.59. The van der Waals surface area contributed by atoms with Crippen LogP contribution in [-0.2, 0) is 16.0 Å². The molecule has 0 aromatic heterocycles. The third-order valence-electron chi connectivity index (χ3n) is 4.96. The predicted molar refractivity (Wildman–Crippen MR) is 109 cm³/mol. The van der Waals surface area contributed by atoms with E-state index in [2.05, 4.69) is 10.6 Å². The van der Waals surface area contributed by atoms with Crippen molar-refractivity contribution in [1.82, 2.24) is 5.32 Å². The van der Waals surface area contributed by atoms with E-state index in [1.54, 1.807) is 45.6 Å². The molecule has 29 heavy (non-hydrogen) atoms. The number of methoxy groups -OCH3 is 3. The highest BCUT2D eigenvalue weighted by Crippen LogP contribution is 2.39. The van der Waals surface area contributed by atoms with Crippen LogP contribution in [0, 0.1) is 11.8 Å². The van der Waals surface area contributed by atoms with Crippen molar-refractivity contribution >= 4 is 17.5 Å². The molecule has 2 unspecified atom stereocenters. The molecular formula is C22H26N2O5. The molecule has 0 radical (unpaired) electrons. The molecule has 0 heterocycles. The van der Waals surface area contributed by atoms with Crippen LogP contribution in [0.25, 0.3) is 0 Å². The molecule has 2 amide bonds. The van der Waals surface area contributed by atoms with Gasteiger partial charge in [-0.1, -0.05) is 12.1 Å². The smallest absolute Gasteiger partial charge is 0.228 e. The van der Waals surface area contributed by atoms with Gasteiger partial charge in [0.15, 0.2) is 11.5 Å². The van der Waals surface area contributed by atoms with Gasteiger partial charge in [0.25, 0.3) is 0 Å². The van der Waals surface area contributed by atoms with E-state index in [0.717, 1.165) is 5.56 Å². The van der Waals surface area contributed by atoms with Gasteiger partial charge in [0.2, 0.25) is 11.8 Å². The number of hydrogen-bond donors (Lipinski definition) is 2. The summed E-state index contributed by atoms with van der Waals surface area (Å²) in [6.07, 6.45) is 1.23. The first-order valence-electron chi connectivity index (χ1n) is 9.49. The molecule has 0 saturated heterocycles. The topological polar surface area (TPSA) is 85.9 Å². The Hall–Kier alpha value is -3.22. The number of ether oxygens (including phenoxy) is 3. The van der Waals surface area contributed by atoms with Gasteiger partial charge in [0.05, 0.1) is 33.2 Å². The number of carbonyl (C=O) groups is 2. The SMILES string of the molecule is COc1cccc(NC(=O)C2CC2C(=O)NCCc2ccc(OC)c(OC)c2)c1. The lowest BCUT2D eigenvalue weighted by Gasteiger charge is -2.10. The minimum Gasteiger partial charge on any atom is -0.497 e. The van der Waals surface area contributed by atoms with Crippen molar-refractivity contribution in [2.75, 3.05) is 33.2 Å². The first kappa shape index (κ1) is 20.5. The monoisotopic (exact) mass is 398 g/mol. The Morgan fingerprint density at radius 3 is 2.41 bits per heavy atom. The van der Waals surface area contributed by atoms with Crippen LogP contribution in [-0.4, -0.2) is 39.7 Å². The van der Waals surface area contributed by atoms with Crippen LogP contribution in [0.2, 0.25) is 0 Å². The maximum absolute atomic E-state index is 12.4. The van der Waals surface area contributed by atoms with Gasteiger partial charge in [0.1, 0.15) is 5.75 Å². The number of anilines is 1. The van der Waals surface area contributed by atoms with Crippen LogP contribution < -0.4 is 24.8 Å². The molecule has 3 rings (SSSR count). The van der Waals surface area contributed by atoms with Crippen LogP contribution in [0.4, 0.5) is 5.69 Å². The van der Waals surface area contributed by atoms with E-state index in [0.29, 0.717) is 42.3 Å². The number of amides is 2. The van der Waals surface area contributed by atoms with Crippen molar-refractivity contribution in [3.63, 3.8) is 0 Å². The average molecular weight is 398 g/mol. The Morgan fingerprint density at radius 1 is 0.931 bits per heavy atom. The molecule has 0 spiro atoms. The highest BCUT2D eigenvalue weighted by molar-refractivity contribution is 5.99. The molecule has 1 aliphatic carbocycles. The molecule has 1 aliphatic rings. The third kappa shape index (κ3) is 5.19. The maximum Gasteiger partial charge on any atom is 0.228 e.